The number of aliphatic imine (C=N–C) groups is 1. The smallest absolute Gasteiger partial charge is 0.203 e. The topological polar surface area (TPSA) is 64.1 Å². The number of benzene rings is 1. The molecular weight excluding hydrogens is 385 g/mol. The molecule has 0 radical (unpaired) electrons. The molecule has 0 aromatic heterocycles. The van der Waals surface area contributed by atoms with E-state index in [2.05, 4.69) is 15.6 Å². The average Bonchev–Trinajstić information content (AvgIpc) is 2.49. The molecule has 0 aliphatic heterocycles. The van der Waals surface area contributed by atoms with Crippen LogP contribution in [0.5, 0.6) is 17.2 Å². The fourth-order valence-electron chi connectivity index (χ4n) is 1.81. The Morgan fingerprint density at radius 3 is 2.00 bits per heavy atom. The van der Waals surface area contributed by atoms with Crippen molar-refractivity contribution in [3.8, 4) is 17.2 Å². The van der Waals surface area contributed by atoms with Gasteiger partial charge in [-0.25, -0.2) is 0 Å². The molecule has 0 aliphatic rings. The molecule has 6 nitrogen and oxygen atoms in total. The molecule has 0 aliphatic carbocycles. The second kappa shape index (κ2) is 10.4. The maximum absolute atomic E-state index is 5.32. The summed E-state index contributed by atoms with van der Waals surface area (Å²) in [4.78, 5) is 4.12. The highest BCUT2D eigenvalue weighted by atomic mass is 127. The number of hydrogen-bond acceptors (Lipinski definition) is 4. The number of nitrogens with one attached hydrogen (secondary N) is 2. The third kappa shape index (κ3) is 5.49. The summed E-state index contributed by atoms with van der Waals surface area (Å²) in [6.45, 7) is 3.44. The van der Waals surface area contributed by atoms with Crippen LogP contribution in [0, 0.1) is 0 Å². The van der Waals surface area contributed by atoms with Gasteiger partial charge in [-0.05, 0) is 24.6 Å². The van der Waals surface area contributed by atoms with Gasteiger partial charge in [-0.3, -0.25) is 4.99 Å². The van der Waals surface area contributed by atoms with Crippen LogP contribution in [0.15, 0.2) is 17.1 Å². The zero-order valence-corrected chi connectivity index (χ0v) is 15.5. The maximum atomic E-state index is 5.32. The van der Waals surface area contributed by atoms with Crippen LogP contribution in [0.4, 0.5) is 0 Å². The molecule has 1 rings (SSSR count). The number of nitrogens with zero attached hydrogens (tertiary/aromatic N) is 1. The molecule has 21 heavy (non-hydrogen) atoms. The second-order valence-corrected chi connectivity index (χ2v) is 3.99. The SMILES string of the molecule is CCNC(=NC)NCc1cc(OC)c(OC)c(OC)c1.I. The van der Waals surface area contributed by atoms with Crippen molar-refractivity contribution in [3.63, 3.8) is 0 Å². The molecule has 7 heteroatoms. The molecule has 0 amide bonds. The van der Waals surface area contributed by atoms with Crippen molar-refractivity contribution in [1.29, 1.82) is 0 Å². The normalized spacial score (nSPS) is 10.4. The van der Waals surface area contributed by atoms with E-state index in [1.54, 1.807) is 28.4 Å². The zero-order chi connectivity index (χ0) is 15.0. The summed E-state index contributed by atoms with van der Waals surface area (Å²) in [6, 6.07) is 3.82. The Labute approximate surface area is 143 Å². The minimum Gasteiger partial charge on any atom is -0.493 e. The molecule has 0 spiro atoms. The minimum atomic E-state index is 0. The molecule has 0 atom stereocenters. The van der Waals surface area contributed by atoms with Gasteiger partial charge in [0.1, 0.15) is 0 Å². The summed E-state index contributed by atoms with van der Waals surface area (Å²) in [7, 11) is 6.53. The number of halogens is 1. The lowest BCUT2D eigenvalue weighted by Crippen LogP contribution is -2.36. The van der Waals surface area contributed by atoms with Crippen molar-refractivity contribution in [2.45, 2.75) is 13.5 Å². The summed E-state index contributed by atoms with van der Waals surface area (Å²) >= 11 is 0. The van der Waals surface area contributed by atoms with E-state index in [0.29, 0.717) is 23.8 Å². The predicted octanol–water partition coefficient (Wildman–Crippen LogP) is 2.02. The van der Waals surface area contributed by atoms with E-state index in [1.165, 1.54) is 0 Å². The van der Waals surface area contributed by atoms with Gasteiger partial charge in [0.25, 0.3) is 0 Å². The van der Waals surface area contributed by atoms with Gasteiger partial charge in [0.2, 0.25) is 5.75 Å². The zero-order valence-electron chi connectivity index (χ0n) is 13.1. The first-order valence-corrected chi connectivity index (χ1v) is 6.43. The fraction of sp³-hybridized carbons (Fsp3) is 0.500. The number of ether oxygens (including phenoxy) is 3. The molecule has 120 valence electrons. The molecule has 0 bridgehead atoms. The van der Waals surface area contributed by atoms with Gasteiger partial charge in [0.15, 0.2) is 17.5 Å². The first-order valence-electron chi connectivity index (χ1n) is 6.43. The van der Waals surface area contributed by atoms with E-state index in [-0.39, 0.29) is 24.0 Å². The Hall–Kier alpha value is -1.38. The van der Waals surface area contributed by atoms with Crippen LogP contribution in [0.3, 0.4) is 0 Å². The van der Waals surface area contributed by atoms with Crippen molar-refractivity contribution in [2.24, 2.45) is 4.99 Å². The van der Waals surface area contributed by atoms with Gasteiger partial charge in [-0.15, -0.1) is 24.0 Å². The summed E-state index contributed by atoms with van der Waals surface area (Å²) in [5.74, 6) is 2.63. The Bertz CT molecular complexity index is 442. The van der Waals surface area contributed by atoms with Crippen LogP contribution in [-0.4, -0.2) is 40.9 Å². The van der Waals surface area contributed by atoms with E-state index in [1.807, 2.05) is 19.1 Å². The van der Waals surface area contributed by atoms with Gasteiger partial charge in [-0.2, -0.15) is 0 Å². The lowest BCUT2D eigenvalue weighted by molar-refractivity contribution is 0.323. The van der Waals surface area contributed by atoms with E-state index in [0.717, 1.165) is 18.1 Å². The van der Waals surface area contributed by atoms with E-state index >= 15 is 0 Å². The summed E-state index contributed by atoms with van der Waals surface area (Å²) < 4.78 is 15.9. The van der Waals surface area contributed by atoms with Crippen LogP contribution in [-0.2, 0) is 6.54 Å². The van der Waals surface area contributed by atoms with E-state index in [9.17, 15) is 0 Å². The average molecular weight is 409 g/mol. The summed E-state index contributed by atoms with van der Waals surface area (Å²) in [6.07, 6.45) is 0. The number of hydrogen-bond donors (Lipinski definition) is 2. The highest BCUT2D eigenvalue weighted by molar-refractivity contribution is 14.0. The van der Waals surface area contributed by atoms with Crippen molar-refractivity contribution in [3.05, 3.63) is 17.7 Å². The van der Waals surface area contributed by atoms with E-state index in [4.69, 9.17) is 14.2 Å². The standard InChI is InChI=1S/C14H23N3O3.HI/c1-6-16-14(15-2)17-9-10-7-11(18-3)13(20-5)12(8-10)19-4;/h7-8H,6,9H2,1-5H3,(H2,15,16,17);1H. The highest BCUT2D eigenvalue weighted by Gasteiger charge is 2.13. The Kier molecular flexibility index (Phi) is 9.68. The third-order valence-electron chi connectivity index (χ3n) is 2.75. The van der Waals surface area contributed by atoms with Crippen LogP contribution in [0.1, 0.15) is 12.5 Å². The van der Waals surface area contributed by atoms with Gasteiger partial charge in [-0.1, -0.05) is 0 Å². The first kappa shape index (κ1) is 19.6. The van der Waals surface area contributed by atoms with Gasteiger partial charge < -0.3 is 24.8 Å². The largest absolute Gasteiger partial charge is 0.493 e. The Balaban J connectivity index is 0.00000400. The molecule has 0 saturated carbocycles. The molecule has 0 fully saturated rings. The number of guanidine groups is 1. The highest BCUT2D eigenvalue weighted by Crippen LogP contribution is 2.38. The van der Waals surface area contributed by atoms with Crippen molar-refractivity contribution in [1.82, 2.24) is 10.6 Å². The quantitative estimate of drug-likeness (QED) is 0.428. The van der Waals surface area contributed by atoms with Gasteiger partial charge in [0, 0.05) is 20.1 Å². The van der Waals surface area contributed by atoms with Gasteiger partial charge in [0.05, 0.1) is 21.3 Å². The second-order valence-electron chi connectivity index (χ2n) is 3.99. The van der Waals surface area contributed by atoms with Crippen LogP contribution in [0.25, 0.3) is 0 Å². The first-order chi connectivity index (χ1) is 9.69. The number of rotatable bonds is 6. The molecule has 0 unspecified atom stereocenters. The van der Waals surface area contributed by atoms with Crippen LogP contribution >= 0.6 is 24.0 Å². The minimum absolute atomic E-state index is 0. The van der Waals surface area contributed by atoms with Crippen LogP contribution in [0.2, 0.25) is 0 Å². The van der Waals surface area contributed by atoms with Crippen molar-refractivity contribution in [2.75, 3.05) is 34.9 Å². The molecule has 1 aromatic rings. The molecular formula is C14H24IN3O3. The lowest BCUT2D eigenvalue weighted by Gasteiger charge is -2.15. The summed E-state index contributed by atoms with van der Waals surface area (Å²) in [5.41, 5.74) is 1.01. The number of methoxy groups -OCH3 is 3. The van der Waals surface area contributed by atoms with Gasteiger partial charge >= 0.3 is 0 Å². The third-order valence-corrected chi connectivity index (χ3v) is 2.75. The fourth-order valence-corrected chi connectivity index (χ4v) is 1.81. The molecule has 2 N–H and O–H groups in total. The Morgan fingerprint density at radius 1 is 1.05 bits per heavy atom. The Morgan fingerprint density at radius 2 is 1.62 bits per heavy atom. The van der Waals surface area contributed by atoms with E-state index < -0.39 is 0 Å². The van der Waals surface area contributed by atoms with Crippen LogP contribution < -0.4 is 24.8 Å². The lowest BCUT2D eigenvalue weighted by atomic mass is 10.2. The molecule has 0 saturated heterocycles. The molecule has 1 aromatic carbocycles. The van der Waals surface area contributed by atoms with Crippen molar-refractivity contribution >= 4 is 29.9 Å². The van der Waals surface area contributed by atoms with Crippen molar-refractivity contribution < 1.29 is 14.2 Å². The summed E-state index contributed by atoms with van der Waals surface area (Å²) in [5, 5.41) is 6.35. The predicted molar refractivity (Wildman–Crippen MR) is 95.4 cm³/mol. The molecule has 0 heterocycles. The maximum Gasteiger partial charge on any atom is 0.203 e. The monoisotopic (exact) mass is 409 g/mol.